The Morgan fingerprint density at radius 1 is 1.32 bits per heavy atom. The van der Waals surface area contributed by atoms with Gasteiger partial charge in [-0.2, -0.15) is 11.8 Å². The standard InChI is InChI=1S/C14H12BrFOS2/c15-9-1-2-11(16)10(6-9)14(17)13-5-8-7-18-4-3-12(8)19-13/h1-2,5-6,14,17H,3-4,7H2. The zero-order chi connectivity index (χ0) is 13.4. The summed E-state index contributed by atoms with van der Waals surface area (Å²) in [5.74, 6) is 1.77. The lowest BCUT2D eigenvalue weighted by molar-refractivity contribution is 0.218. The zero-order valence-electron chi connectivity index (χ0n) is 10.0. The highest BCUT2D eigenvalue weighted by Gasteiger charge is 2.21. The number of thiophene rings is 1. The number of fused-ring (bicyclic) bond motifs is 1. The van der Waals surface area contributed by atoms with Crippen molar-refractivity contribution in [3.8, 4) is 0 Å². The minimum absolute atomic E-state index is 0.334. The Morgan fingerprint density at radius 2 is 2.16 bits per heavy atom. The molecule has 100 valence electrons. The first kappa shape index (κ1) is 13.6. The molecule has 1 atom stereocenters. The predicted molar refractivity (Wildman–Crippen MR) is 82.3 cm³/mol. The molecule has 2 heterocycles. The van der Waals surface area contributed by atoms with E-state index in [9.17, 15) is 9.50 Å². The second kappa shape index (κ2) is 5.56. The van der Waals surface area contributed by atoms with Crippen LogP contribution in [0.4, 0.5) is 4.39 Å². The van der Waals surface area contributed by atoms with Gasteiger partial charge in [-0.3, -0.25) is 0 Å². The van der Waals surface area contributed by atoms with Crippen molar-refractivity contribution in [2.45, 2.75) is 18.3 Å². The van der Waals surface area contributed by atoms with Crippen LogP contribution in [0.25, 0.3) is 0 Å². The van der Waals surface area contributed by atoms with E-state index in [1.165, 1.54) is 16.5 Å². The van der Waals surface area contributed by atoms with Crippen molar-refractivity contribution < 1.29 is 9.50 Å². The molecule has 1 N–H and O–H groups in total. The van der Waals surface area contributed by atoms with Crippen LogP contribution in [0.2, 0.25) is 0 Å². The van der Waals surface area contributed by atoms with Crippen molar-refractivity contribution in [2.75, 3.05) is 5.75 Å². The Bertz CT molecular complexity index is 588. The molecule has 2 aromatic rings. The molecule has 19 heavy (non-hydrogen) atoms. The van der Waals surface area contributed by atoms with Gasteiger partial charge < -0.3 is 5.11 Å². The molecule has 0 bridgehead atoms. The Labute approximate surface area is 128 Å². The summed E-state index contributed by atoms with van der Waals surface area (Å²) in [6, 6.07) is 6.69. The average Bonchev–Trinajstić information content (AvgIpc) is 2.84. The normalized spacial score (nSPS) is 16.2. The lowest BCUT2D eigenvalue weighted by atomic mass is 10.1. The van der Waals surface area contributed by atoms with Crippen LogP contribution in [0.1, 0.15) is 27.0 Å². The first-order valence-corrected chi connectivity index (χ1v) is 8.74. The summed E-state index contributed by atoms with van der Waals surface area (Å²) < 4.78 is 14.6. The number of halogens is 2. The Morgan fingerprint density at radius 3 is 2.95 bits per heavy atom. The largest absolute Gasteiger partial charge is 0.383 e. The third-order valence-corrected chi connectivity index (χ3v) is 5.96. The Kier molecular flexibility index (Phi) is 3.98. The van der Waals surface area contributed by atoms with E-state index >= 15 is 0 Å². The van der Waals surface area contributed by atoms with Crippen molar-refractivity contribution in [1.82, 2.24) is 0 Å². The number of aryl methyl sites for hydroxylation is 1. The van der Waals surface area contributed by atoms with Crippen LogP contribution in [0.3, 0.4) is 0 Å². The maximum absolute atomic E-state index is 13.8. The van der Waals surface area contributed by atoms with Crippen molar-refractivity contribution in [3.63, 3.8) is 0 Å². The number of hydrogen-bond donors (Lipinski definition) is 1. The van der Waals surface area contributed by atoms with E-state index in [-0.39, 0.29) is 5.82 Å². The van der Waals surface area contributed by atoms with Crippen LogP contribution in [0.15, 0.2) is 28.7 Å². The number of hydrogen-bond acceptors (Lipinski definition) is 3. The summed E-state index contributed by atoms with van der Waals surface area (Å²) in [5.41, 5.74) is 1.63. The molecular weight excluding hydrogens is 347 g/mol. The lowest BCUT2D eigenvalue weighted by Gasteiger charge is -2.10. The van der Waals surface area contributed by atoms with E-state index in [2.05, 4.69) is 15.9 Å². The SMILES string of the molecule is OC(c1cc2c(s1)CCSC2)c1cc(Br)ccc1F. The third kappa shape index (κ3) is 2.75. The Balaban J connectivity index is 1.97. The van der Waals surface area contributed by atoms with Crippen molar-refractivity contribution >= 4 is 39.0 Å². The highest BCUT2D eigenvalue weighted by atomic mass is 79.9. The van der Waals surface area contributed by atoms with Gasteiger partial charge in [0, 0.05) is 25.5 Å². The molecule has 1 unspecified atom stereocenters. The monoisotopic (exact) mass is 358 g/mol. The summed E-state index contributed by atoms with van der Waals surface area (Å²) in [5, 5.41) is 10.4. The van der Waals surface area contributed by atoms with Crippen molar-refractivity contribution in [1.29, 1.82) is 0 Å². The van der Waals surface area contributed by atoms with Gasteiger partial charge in [0.1, 0.15) is 11.9 Å². The van der Waals surface area contributed by atoms with Gasteiger partial charge in [0.25, 0.3) is 0 Å². The van der Waals surface area contributed by atoms with Gasteiger partial charge in [-0.25, -0.2) is 4.39 Å². The molecule has 1 nitrogen and oxygen atoms in total. The van der Waals surface area contributed by atoms with E-state index in [4.69, 9.17) is 0 Å². The summed E-state index contributed by atoms with van der Waals surface area (Å²) in [7, 11) is 0. The fraction of sp³-hybridized carbons (Fsp3) is 0.286. The van der Waals surface area contributed by atoms with Gasteiger partial charge in [-0.1, -0.05) is 15.9 Å². The van der Waals surface area contributed by atoms with Gasteiger partial charge in [-0.15, -0.1) is 11.3 Å². The zero-order valence-corrected chi connectivity index (χ0v) is 13.2. The molecule has 0 radical (unpaired) electrons. The summed E-state index contributed by atoms with van der Waals surface area (Å²) in [6.07, 6.45) is 0.177. The number of thioether (sulfide) groups is 1. The number of rotatable bonds is 2. The maximum Gasteiger partial charge on any atom is 0.129 e. The minimum atomic E-state index is -0.877. The van der Waals surface area contributed by atoms with E-state index in [1.807, 2.05) is 17.8 Å². The first-order chi connectivity index (χ1) is 9.15. The molecule has 3 rings (SSSR count). The van der Waals surface area contributed by atoms with E-state index < -0.39 is 6.10 Å². The smallest absolute Gasteiger partial charge is 0.129 e. The highest BCUT2D eigenvalue weighted by molar-refractivity contribution is 9.10. The van der Waals surface area contributed by atoms with Crippen LogP contribution in [-0.4, -0.2) is 10.9 Å². The van der Waals surface area contributed by atoms with Crippen LogP contribution in [0, 0.1) is 5.82 Å². The highest BCUT2D eigenvalue weighted by Crippen LogP contribution is 2.37. The topological polar surface area (TPSA) is 20.2 Å². The molecule has 1 aromatic carbocycles. The van der Waals surface area contributed by atoms with Crippen LogP contribution in [0.5, 0.6) is 0 Å². The minimum Gasteiger partial charge on any atom is -0.383 e. The quantitative estimate of drug-likeness (QED) is 0.851. The van der Waals surface area contributed by atoms with E-state index in [1.54, 1.807) is 23.5 Å². The molecule has 5 heteroatoms. The fourth-order valence-corrected chi connectivity index (χ4v) is 4.94. The van der Waals surface area contributed by atoms with Gasteiger partial charge in [0.2, 0.25) is 0 Å². The van der Waals surface area contributed by atoms with E-state index in [0.29, 0.717) is 5.56 Å². The molecule has 1 aliphatic rings. The summed E-state index contributed by atoms with van der Waals surface area (Å²) in [6.45, 7) is 0. The van der Waals surface area contributed by atoms with Crippen LogP contribution in [-0.2, 0) is 12.2 Å². The average molecular weight is 359 g/mol. The summed E-state index contributed by atoms with van der Waals surface area (Å²) >= 11 is 6.83. The molecule has 0 fully saturated rings. The lowest BCUT2D eigenvalue weighted by Crippen LogP contribution is -2.00. The molecule has 1 aliphatic heterocycles. The molecule has 0 saturated heterocycles. The number of benzene rings is 1. The number of aliphatic hydroxyl groups is 1. The predicted octanol–water partition coefficient (Wildman–Crippen LogP) is 4.52. The molecule has 1 aromatic heterocycles. The van der Waals surface area contributed by atoms with Crippen LogP contribution >= 0.6 is 39.0 Å². The first-order valence-electron chi connectivity index (χ1n) is 5.97. The van der Waals surface area contributed by atoms with E-state index in [0.717, 1.165) is 27.3 Å². The van der Waals surface area contributed by atoms with Gasteiger partial charge in [0.15, 0.2) is 0 Å². The maximum atomic E-state index is 13.8. The molecule has 0 spiro atoms. The molecule has 0 amide bonds. The van der Waals surface area contributed by atoms with Gasteiger partial charge in [0.05, 0.1) is 0 Å². The fourth-order valence-electron chi connectivity index (χ4n) is 2.18. The van der Waals surface area contributed by atoms with Crippen LogP contribution < -0.4 is 0 Å². The van der Waals surface area contributed by atoms with Crippen molar-refractivity contribution in [2.24, 2.45) is 0 Å². The van der Waals surface area contributed by atoms with Gasteiger partial charge in [-0.05, 0) is 42.0 Å². The van der Waals surface area contributed by atoms with Gasteiger partial charge >= 0.3 is 0 Å². The molecule has 0 saturated carbocycles. The Hall–Kier alpha value is -0.360. The second-order valence-corrected chi connectivity index (χ2v) is 7.66. The summed E-state index contributed by atoms with van der Waals surface area (Å²) in [4.78, 5) is 2.17. The third-order valence-electron chi connectivity index (χ3n) is 3.17. The molecule has 0 aliphatic carbocycles. The molecular formula is C14H12BrFOS2. The number of aliphatic hydroxyl groups excluding tert-OH is 1. The second-order valence-electron chi connectivity index (χ2n) is 4.47. The van der Waals surface area contributed by atoms with Crippen molar-refractivity contribution in [3.05, 3.63) is 55.4 Å².